The van der Waals surface area contributed by atoms with E-state index < -0.39 is 0 Å². The molecule has 1 aliphatic carbocycles. The number of halogens is 3. The highest BCUT2D eigenvalue weighted by atomic mass is 35.5. The van der Waals surface area contributed by atoms with Crippen LogP contribution in [0.25, 0.3) is 0 Å². The molecular formula is C9H9Cl3N2O. The van der Waals surface area contributed by atoms with Crippen LogP contribution in [-0.2, 0) is 0 Å². The van der Waals surface area contributed by atoms with Gasteiger partial charge >= 0.3 is 0 Å². The Bertz CT molecular complexity index is 380. The Kier molecular flexibility index (Phi) is 3.26. The highest BCUT2D eigenvalue weighted by molar-refractivity contribution is 6.42. The van der Waals surface area contributed by atoms with Gasteiger partial charge in [0.05, 0.1) is 16.1 Å². The number of rotatable bonds is 2. The molecule has 15 heavy (non-hydrogen) atoms. The van der Waals surface area contributed by atoms with Crippen molar-refractivity contribution in [1.29, 1.82) is 0 Å². The largest absolute Gasteiger partial charge is 0.393 e. The Labute approximate surface area is 102 Å². The zero-order valence-electron chi connectivity index (χ0n) is 7.67. The van der Waals surface area contributed by atoms with Crippen LogP contribution in [0.1, 0.15) is 12.8 Å². The quantitative estimate of drug-likeness (QED) is 0.810. The average molecular weight is 268 g/mol. The molecule has 1 aromatic heterocycles. The summed E-state index contributed by atoms with van der Waals surface area (Å²) in [5.74, 6) is 0.517. The number of aromatic nitrogens is 1. The van der Waals surface area contributed by atoms with Gasteiger partial charge in [-0.05, 0) is 18.9 Å². The van der Waals surface area contributed by atoms with Gasteiger partial charge in [0.15, 0.2) is 0 Å². The standard InChI is InChI=1S/C9H9Cl3N2O/c10-6-3-7(11)9(14-8(6)12)13-4-1-5(15)2-4/h3-5,15H,1-2H2,(H,13,14). The molecule has 1 saturated carbocycles. The molecule has 3 nitrogen and oxygen atoms in total. The number of pyridine rings is 1. The number of hydrogen-bond acceptors (Lipinski definition) is 3. The highest BCUT2D eigenvalue weighted by Gasteiger charge is 2.27. The van der Waals surface area contributed by atoms with Gasteiger partial charge in [-0.1, -0.05) is 34.8 Å². The summed E-state index contributed by atoms with van der Waals surface area (Å²) in [4.78, 5) is 4.03. The fourth-order valence-electron chi connectivity index (χ4n) is 1.44. The first-order chi connectivity index (χ1) is 7.06. The number of nitrogens with one attached hydrogen (secondary N) is 1. The molecule has 1 heterocycles. The number of aliphatic hydroxyl groups is 1. The van der Waals surface area contributed by atoms with Crippen LogP contribution < -0.4 is 5.32 Å². The van der Waals surface area contributed by atoms with Gasteiger partial charge in [-0.15, -0.1) is 0 Å². The fraction of sp³-hybridized carbons (Fsp3) is 0.444. The first-order valence-corrected chi connectivity index (χ1v) is 5.66. The Morgan fingerprint density at radius 1 is 1.27 bits per heavy atom. The van der Waals surface area contributed by atoms with E-state index in [1.807, 2.05) is 0 Å². The van der Waals surface area contributed by atoms with Gasteiger partial charge in [0, 0.05) is 6.04 Å². The minimum absolute atomic E-state index is 0.210. The summed E-state index contributed by atoms with van der Waals surface area (Å²) in [5.41, 5.74) is 0. The molecule has 2 N–H and O–H groups in total. The van der Waals surface area contributed by atoms with Gasteiger partial charge in [-0.3, -0.25) is 0 Å². The highest BCUT2D eigenvalue weighted by Crippen LogP contribution is 2.31. The lowest BCUT2D eigenvalue weighted by atomic mass is 9.89. The van der Waals surface area contributed by atoms with Crippen molar-refractivity contribution < 1.29 is 5.11 Å². The zero-order chi connectivity index (χ0) is 11.0. The number of hydrogen-bond donors (Lipinski definition) is 2. The molecule has 0 radical (unpaired) electrons. The minimum Gasteiger partial charge on any atom is -0.393 e. The lowest BCUT2D eigenvalue weighted by Crippen LogP contribution is -2.39. The Hall–Kier alpha value is -0.220. The second kappa shape index (κ2) is 4.34. The van der Waals surface area contributed by atoms with Gasteiger partial charge in [-0.25, -0.2) is 4.98 Å². The molecule has 6 heteroatoms. The van der Waals surface area contributed by atoms with Gasteiger partial charge in [0.1, 0.15) is 11.0 Å². The summed E-state index contributed by atoms with van der Waals surface area (Å²) in [6.07, 6.45) is 1.19. The Morgan fingerprint density at radius 2 is 1.93 bits per heavy atom. The molecule has 0 aliphatic heterocycles. The number of nitrogens with zero attached hydrogens (tertiary/aromatic N) is 1. The molecule has 1 fully saturated rings. The van der Waals surface area contributed by atoms with E-state index in [2.05, 4.69) is 10.3 Å². The third-order valence-corrected chi connectivity index (χ3v) is 3.30. The van der Waals surface area contributed by atoms with Gasteiger partial charge < -0.3 is 10.4 Å². The third-order valence-electron chi connectivity index (χ3n) is 2.34. The summed E-state index contributed by atoms with van der Waals surface area (Å²) < 4.78 is 0. The summed E-state index contributed by atoms with van der Waals surface area (Å²) in [6.45, 7) is 0. The molecule has 0 unspecified atom stereocenters. The van der Waals surface area contributed by atoms with E-state index in [1.54, 1.807) is 6.07 Å². The molecule has 0 aromatic carbocycles. The van der Waals surface area contributed by atoms with Gasteiger partial charge in [0.25, 0.3) is 0 Å². The van der Waals surface area contributed by atoms with E-state index in [-0.39, 0.29) is 17.3 Å². The van der Waals surface area contributed by atoms with E-state index in [0.29, 0.717) is 28.7 Å². The van der Waals surface area contributed by atoms with Crippen molar-refractivity contribution in [2.75, 3.05) is 5.32 Å². The molecule has 1 aliphatic rings. The summed E-state index contributed by atoms with van der Waals surface area (Å²) in [6, 6.07) is 1.76. The predicted octanol–water partition coefficient (Wildman–Crippen LogP) is 2.98. The molecule has 0 amide bonds. The van der Waals surface area contributed by atoms with Crippen molar-refractivity contribution in [3.8, 4) is 0 Å². The van der Waals surface area contributed by atoms with Gasteiger partial charge in [0.2, 0.25) is 0 Å². The third kappa shape index (κ3) is 2.48. The van der Waals surface area contributed by atoms with Crippen LogP contribution in [-0.4, -0.2) is 22.2 Å². The molecule has 0 spiro atoms. The van der Waals surface area contributed by atoms with Crippen LogP contribution in [0.3, 0.4) is 0 Å². The van der Waals surface area contributed by atoms with E-state index in [4.69, 9.17) is 39.9 Å². The lowest BCUT2D eigenvalue weighted by Gasteiger charge is -2.32. The van der Waals surface area contributed by atoms with Crippen LogP contribution in [0.4, 0.5) is 5.82 Å². The number of anilines is 1. The zero-order valence-corrected chi connectivity index (χ0v) is 9.94. The number of aliphatic hydroxyl groups excluding tert-OH is 1. The van der Waals surface area contributed by atoms with Gasteiger partial charge in [-0.2, -0.15) is 0 Å². The van der Waals surface area contributed by atoms with Crippen molar-refractivity contribution in [1.82, 2.24) is 4.98 Å². The first-order valence-electron chi connectivity index (χ1n) is 4.52. The Morgan fingerprint density at radius 3 is 2.53 bits per heavy atom. The minimum atomic E-state index is -0.218. The van der Waals surface area contributed by atoms with Crippen LogP contribution >= 0.6 is 34.8 Å². The second-order valence-electron chi connectivity index (χ2n) is 3.56. The SMILES string of the molecule is OC1CC(Nc2nc(Cl)c(Cl)cc2Cl)C1. The van der Waals surface area contributed by atoms with Crippen LogP contribution in [0.2, 0.25) is 15.2 Å². The predicted molar refractivity (Wildman–Crippen MR) is 61.9 cm³/mol. The van der Waals surface area contributed by atoms with E-state index in [9.17, 15) is 0 Å². The van der Waals surface area contributed by atoms with Crippen LogP contribution in [0, 0.1) is 0 Å². The van der Waals surface area contributed by atoms with Crippen molar-refractivity contribution in [2.24, 2.45) is 0 Å². The van der Waals surface area contributed by atoms with Crippen molar-refractivity contribution in [2.45, 2.75) is 25.0 Å². The molecule has 0 bridgehead atoms. The maximum Gasteiger partial charge on any atom is 0.150 e. The second-order valence-corrected chi connectivity index (χ2v) is 4.73. The normalized spacial score (nSPS) is 24.8. The van der Waals surface area contributed by atoms with E-state index >= 15 is 0 Å². The smallest absolute Gasteiger partial charge is 0.150 e. The molecular weight excluding hydrogens is 258 g/mol. The topological polar surface area (TPSA) is 45.1 Å². The summed E-state index contributed by atoms with van der Waals surface area (Å²) >= 11 is 17.4. The maximum absolute atomic E-state index is 9.12. The fourth-order valence-corrected chi connectivity index (χ4v) is 2.00. The molecule has 1 aromatic rings. The molecule has 2 rings (SSSR count). The summed E-state index contributed by atoms with van der Waals surface area (Å²) in [5, 5.41) is 13.2. The maximum atomic E-state index is 9.12. The Balaban J connectivity index is 2.11. The lowest BCUT2D eigenvalue weighted by molar-refractivity contribution is 0.0835. The van der Waals surface area contributed by atoms with E-state index in [0.717, 1.165) is 0 Å². The van der Waals surface area contributed by atoms with Crippen LogP contribution in [0.15, 0.2) is 6.07 Å². The van der Waals surface area contributed by atoms with E-state index in [1.165, 1.54) is 0 Å². The first kappa shape index (κ1) is 11.3. The molecule has 0 atom stereocenters. The van der Waals surface area contributed by atoms with Crippen molar-refractivity contribution >= 4 is 40.6 Å². The molecule has 82 valence electrons. The summed E-state index contributed by atoms with van der Waals surface area (Å²) in [7, 11) is 0. The van der Waals surface area contributed by atoms with Crippen molar-refractivity contribution in [3.05, 3.63) is 21.3 Å². The van der Waals surface area contributed by atoms with Crippen molar-refractivity contribution in [3.63, 3.8) is 0 Å². The molecule has 0 saturated heterocycles. The monoisotopic (exact) mass is 266 g/mol. The average Bonchev–Trinajstić information content (AvgIpc) is 2.11. The van der Waals surface area contributed by atoms with Crippen LogP contribution in [0.5, 0.6) is 0 Å².